The van der Waals surface area contributed by atoms with Crippen LogP contribution in [0.2, 0.25) is 0 Å². The molecule has 3 aromatic carbocycles. The Morgan fingerprint density at radius 3 is 2.52 bits per heavy atom. The van der Waals surface area contributed by atoms with E-state index in [1.165, 1.54) is 31.4 Å². The van der Waals surface area contributed by atoms with E-state index < -0.39 is 15.9 Å². The Bertz CT molecular complexity index is 1420. The van der Waals surface area contributed by atoms with Crippen LogP contribution in [0.3, 0.4) is 0 Å². The number of rotatable bonds is 7. The second-order valence-electron chi connectivity index (χ2n) is 7.12. The number of methoxy groups -OCH3 is 1. The van der Waals surface area contributed by atoms with Gasteiger partial charge in [-0.05, 0) is 49.4 Å². The first-order valence-corrected chi connectivity index (χ1v) is 11.5. The van der Waals surface area contributed by atoms with Crippen LogP contribution in [0.25, 0.3) is 11.0 Å². The van der Waals surface area contributed by atoms with Crippen molar-refractivity contribution in [1.82, 2.24) is 5.43 Å². The number of nitrogens with one attached hydrogen (secondary N) is 2. The molecule has 0 fully saturated rings. The van der Waals surface area contributed by atoms with Gasteiger partial charge in [0.05, 0.1) is 17.7 Å². The minimum atomic E-state index is -3.95. The van der Waals surface area contributed by atoms with Crippen molar-refractivity contribution < 1.29 is 22.4 Å². The molecule has 0 saturated heterocycles. The van der Waals surface area contributed by atoms with E-state index in [0.29, 0.717) is 28.5 Å². The molecule has 0 aliphatic rings. The molecule has 8 nitrogen and oxygen atoms in total. The van der Waals surface area contributed by atoms with Gasteiger partial charge >= 0.3 is 0 Å². The number of amides is 1. The molecule has 0 aliphatic carbocycles. The lowest BCUT2D eigenvalue weighted by Crippen LogP contribution is -2.20. The number of nitrogens with zero attached hydrogens (tertiary/aromatic N) is 1. The molecule has 0 atom stereocenters. The molecular weight excluding hydrogens is 442 g/mol. The minimum Gasteiger partial charge on any atom is -0.495 e. The van der Waals surface area contributed by atoms with Crippen LogP contribution in [-0.4, -0.2) is 27.1 Å². The van der Waals surface area contributed by atoms with E-state index in [9.17, 15) is 13.2 Å². The number of benzene rings is 3. The van der Waals surface area contributed by atoms with Gasteiger partial charge in [0.25, 0.3) is 15.9 Å². The van der Waals surface area contributed by atoms with Gasteiger partial charge in [-0.1, -0.05) is 36.4 Å². The smallest absolute Gasteiger partial charge is 0.271 e. The molecule has 1 aromatic heterocycles. The van der Waals surface area contributed by atoms with Crippen molar-refractivity contribution in [3.63, 3.8) is 0 Å². The predicted octanol–water partition coefficient (Wildman–Crippen LogP) is 4.40. The first kappa shape index (κ1) is 22.1. The second kappa shape index (κ2) is 9.17. The summed E-state index contributed by atoms with van der Waals surface area (Å²) in [5.74, 6) is 0.346. The topological polar surface area (TPSA) is 110 Å². The summed E-state index contributed by atoms with van der Waals surface area (Å²) in [7, 11) is -2.50. The molecular formula is C24H21N3O5S. The highest BCUT2D eigenvalue weighted by Crippen LogP contribution is 2.26. The molecule has 0 saturated carbocycles. The number of anilines is 1. The molecule has 4 rings (SSSR count). The fourth-order valence-corrected chi connectivity index (χ4v) is 4.27. The first-order chi connectivity index (χ1) is 15.9. The fourth-order valence-electron chi connectivity index (χ4n) is 3.15. The van der Waals surface area contributed by atoms with Gasteiger partial charge in [-0.25, -0.2) is 13.8 Å². The maximum Gasteiger partial charge on any atom is 0.271 e. The van der Waals surface area contributed by atoms with E-state index in [2.05, 4.69) is 15.2 Å². The Hall–Kier alpha value is -4.11. The third-order valence-corrected chi connectivity index (χ3v) is 6.23. The molecule has 1 amide bonds. The van der Waals surface area contributed by atoms with Gasteiger partial charge in [0.1, 0.15) is 17.0 Å². The van der Waals surface area contributed by atoms with Gasteiger partial charge < -0.3 is 9.15 Å². The number of ether oxygens (including phenoxy) is 1. The molecule has 0 spiro atoms. The van der Waals surface area contributed by atoms with Crippen LogP contribution in [0.1, 0.15) is 23.0 Å². The number of carbonyl (C=O) groups excluding carboxylic acids is 1. The number of hydrogen-bond donors (Lipinski definition) is 2. The van der Waals surface area contributed by atoms with Crippen LogP contribution < -0.4 is 14.9 Å². The standard InChI is InChI=1S/C24H21N3O5S/c1-16(23-15-17-8-3-5-12-21(17)32-23)25-26-24(28)18-9-7-10-19(14-18)33(29,30)27-20-11-4-6-13-22(20)31-2/h3-15,27H,1-2H3,(H,26,28). The summed E-state index contributed by atoms with van der Waals surface area (Å²) >= 11 is 0. The molecule has 0 radical (unpaired) electrons. The first-order valence-electron chi connectivity index (χ1n) is 9.97. The van der Waals surface area contributed by atoms with Gasteiger partial charge in [0.15, 0.2) is 5.76 Å². The van der Waals surface area contributed by atoms with E-state index in [0.717, 1.165) is 5.39 Å². The highest BCUT2D eigenvalue weighted by Gasteiger charge is 2.18. The second-order valence-corrected chi connectivity index (χ2v) is 8.80. The number of hydrogen-bond acceptors (Lipinski definition) is 6. The number of hydrazone groups is 1. The summed E-state index contributed by atoms with van der Waals surface area (Å²) in [5.41, 5.74) is 4.06. The van der Waals surface area contributed by atoms with Crippen LogP contribution in [0.4, 0.5) is 5.69 Å². The maximum absolute atomic E-state index is 12.8. The third kappa shape index (κ3) is 4.88. The van der Waals surface area contributed by atoms with E-state index in [4.69, 9.17) is 9.15 Å². The highest BCUT2D eigenvalue weighted by molar-refractivity contribution is 7.92. The summed E-state index contributed by atoms with van der Waals surface area (Å²) in [6.45, 7) is 1.70. The maximum atomic E-state index is 12.8. The van der Waals surface area contributed by atoms with Crippen LogP contribution in [0, 0.1) is 0 Å². The average Bonchev–Trinajstić information content (AvgIpc) is 3.27. The Balaban J connectivity index is 1.51. The lowest BCUT2D eigenvalue weighted by Gasteiger charge is -2.12. The normalized spacial score (nSPS) is 11.9. The zero-order valence-corrected chi connectivity index (χ0v) is 18.7. The Labute approximate surface area is 190 Å². The molecule has 0 aliphatic heterocycles. The van der Waals surface area contributed by atoms with Crippen LogP contribution in [0.5, 0.6) is 5.75 Å². The van der Waals surface area contributed by atoms with Gasteiger partial charge in [-0.15, -0.1) is 0 Å². The molecule has 168 valence electrons. The quantitative estimate of drug-likeness (QED) is 0.312. The number of para-hydroxylation sites is 3. The van der Waals surface area contributed by atoms with E-state index in [-0.39, 0.29) is 10.5 Å². The molecule has 4 aromatic rings. The summed E-state index contributed by atoms with van der Waals surface area (Å²) in [6.07, 6.45) is 0. The van der Waals surface area contributed by atoms with Gasteiger partial charge in [0.2, 0.25) is 0 Å². The molecule has 33 heavy (non-hydrogen) atoms. The Morgan fingerprint density at radius 1 is 0.970 bits per heavy atom. The number of fused-ring (bicyclic) bond motifs is 1. The zero-order chi connectivity index (χ0) is 23.4. The minimum absolute atomic E-state index is 0.0703. The predicted molar refractivity (Wildman–Crippen MR) is 126 cm³/mol. The van der Waals surface area contributed by atoms with E-state index >= 15 is 0 Å². The van der Waals surface area contributed by atoms with Crippen LogP contribution in [-0.2, 0) is 10.0 Å². The van der Waals surface area contributed by atoms with Gasteiger partial charge in [-0.3, -0.25) is 9.52 Å². The largest absolute Gasteiger partial charge is 0.495 e. The Kier molecular flexibility index (Phi) is 6.14. The lowest BCUT2D eigenvalue weighted by molar-refractivity contribution is 0.0954. The summed E-state index contributed by atoms with van der Waals surface area (Å²) in [6, 6.07) is 21.7. The van der Waals surface area contributed by atoms with Crippen molar-refractivity contribution in [2.45, 2.75) is 11.8 Å². The van der Waals surface area contributed by atoms with E-state index in [1.807, 2.05) is 30.3 Å². The van der Waals surface area contributed by atoms with Crippen molar-refractivity contribution in [2.75, 3.05) is 11.8 Å². The zero-order valence-electron chi connectivity index (χ0n) is 17.9. The summed E-state index contributed by atoms with van der Waals surface area (Å²) in [5, 5.41) is 5.01. The van der Waals surface area contributed by atoms with Gasteiger partial charge in [0, 0.05) is 10.9 Å². The SMILES string of the molecule is COc1ccccc1NS(=O)(=O)c1cccc(C(=O)NN=C(C)c2cc3ccccc3o2)c1. The monoisotopic (exact) mass is 463 g/mol. The molecule has 1 heterocycles. The molecule has 0 unspecified atom stereocenters. The number of carbonyl (C=O) groups is 1. The number of furan rings is 1. The van der Waals surface area contributed by atoms with Crippen molar-refractivity contribution in [3.05, 3.63) is 90.2 Å². The highest BCUT2D eigenvalue weighted by atomic mass is 32.2. The molecule has 2 N–H and O–H groups in total. The van der Waals surface area contributed by atoms with E-state index in [1.54, 1.807) is 31.2 Å². The van der Waals surface area contributed by atoms with Gasteiger partial charge in [-0.2, -0.15) is 5.10 Å². The average molecular weight is 464 g/mol. The van der Waals surface area contributed by atoms with Crippen molar-refractivity contribution >= 4 is 38.3 Å². The number of sulfonamides is 1. The van der Waals surface area contributed by atoms with Crippen LogP contribution >= 0.6 is 0 Å². The van der Waals surface area contributed by atoms with Crippen molar-refractivity contribution in [1.29, 1.82) is 0 Å². The summed E-state index contributed by atoms with van der Waals surface area (Å²) in [4.78, 5) is 12.5. The molecule has 0 bridgehead atoms. The molecule has 9 heteroatoms. The fraction of sp³-hybridized carbons (Fsp3) is 0.0833. The van der Waals surface area contributed by atoms with Crippen molar-refractivity contribution in [3.8, 4) is 5.75 Å². The van der Waals surface area contributed by atoms with Crippen LogP contribution in [0.15, 0.2) is 93.3 Å². The lowest BCUT2D eigenvalue weighted by atomic mass is 10.2. The third-order valence-electron chi connectivity index (χ3n) is 4.87. The van der Waals surface area contributed by atoms with Crippen molar-refractivity contribution in [2.24, 2.45) is 5.10 Å². The Morgan fingerprint density at radius 2 is 1.73 bits per heavy atom. The summed E-state index contributed by atoms with van der Waals surface area (Å²) < 4.78 is 39.1.